The number of ketones is 1. The molecular weight excluding hydrogens is 126 g/mol. The molecule has 2 nitrogen and oxygen atoms in total. The first-order valence-electron chi connectivity index (χ1n) is 3.11. The van der Waals surface area contributed by atoms with E-state index < -0.39 is 0 Å². The Morgan fingerprint density at radius 1 is 1.80 bits per heavy atom. The Bertz CT molecular complexity index is 244. The molecule has 0 aromatic rings. The van der Waals surface area contributed by atoms with Gasteiger partial charge in [-0.3, -0.25) is 4.79 Å². The zero-order chi connectivity index (χ0) is 7.56. The van der Waals surface area contributed by atoms with Crippen LogP contribution in [0.1, 0.15) is 6.92 Å². The lowest BCUT2D eigenvalue weighted by Gasteiger charge is -2.08. The minimum absolute atomic E-state index is 0.0292. The highest BCUT2D eigenvalue weighted by molar-refractivity contribution is 5.95. The normalized spacial score (nSPS) is 22.6. The van der Waals surface area contributed by atoms with Gasteiger partial charge in [-0.2, -0.15) is 0 Å². The van der Waals surface area contributed by atoms with E-state index >= 15 is 0 Å². The van der Waals surface area contributed by atoms with Crippen LogP contribution >= 0.6 is 0 Å². The second kappa shape index (κ2) is 2.65. The van der Waals surface area contributed by atoms with Gasteiger partial charge in [-0.25, -0.2) is 0 Å². The first-order valence-corrected chi connectivity index (χ1v) is 3.11. The summed E-state index contributed by atoms with van der Waals surface area (Å²) in [6, 6.07) is -0.262. The molecule has 0 aromatic heterocycles. The molecule has 0 amide bonds. The molecule has 2 heteroatoms. The standard InChI is InChI=1S/C8H9NO/c1-6(10)7-4-2-3-5-8(7)9/h2,4-5,8H,9H2,1H3. The van der Waals surface area contributed by atoms with E-state index in [4.69, 9.17) is 5.73 Å². The van der Waals surface area contributed by atoms with Gasteiger partial charge in [-0.1, -0.05) is 0 Å². The second-order valence-electron chi connectivity index (χ2n) is 2.20. The van der Waals surface area contributed by atoms with Gasteiger partial charge in [0.25, 0.3) is 0 Å². The van der Waals surface area contributed by atoms with Crippen LogP contribution in [0.2, 0.25) is 0 Å². The van der Waals surface area contributed by atoms with Crippen LogP contribution in [-0.2, 0) is 4.79 Å². The van der Waals surface area contributed by atoms with Crippen molar-refractivity contribution in [1.29, 1.82) is 0 Å². The van der Waals surface area contributed by atoms with Gasteiger partial charge in [0, 0.05) is 5.57 Å². The molecule has 1 unspecified atom stereocenters. The van der Waals surface area contributed by atoms with E-state index in [9.17, 15) is 4.79 Å². The van der Waals surface area contributed by atoms with E-state index in [0.29, 0.717) is 5.57 Å². The minimum Gasteiger partial charge on any atom is -0.320 e. The van der Waals surface area contributed by atoms with Gasteiger partial charge in [0.2, 0.25) is 0 Å². The Morgan fingerprint density at radius 3 is 2.90 bits per heavy atom. The van der Waals surface area contributed by atoms with Crippen LogP contribution in [-0.4, -0.2) is 11.8 Å². The largest absolute Gasteiger partial charge is 0.320 e. The number of carbonyl (C=O) groups is 1. The number of hydrogen-bond donors (Lipinski definition) is 1. The first-order chi connectivity index (χ1) is 4.72. The maximum atomic E-state index is 10.8. The van der Waals surface area contributed by atoms with Crippen LogP contribution in [0.3, 0.4) is 0 Å². The summed E-state index contributed by atoms with van der Waals surface area (Å²) < 4.78 is 0. The maximum Gasteiger partial charge on any atom is 0.157 e. The molecule has 0 bridgehead atoms. The molecule has 0 fully saturated rings. The van der Waals surface area contributed by atoms with Gasteiger partial charge in [0.1, 0.15) is 0 Å². The third kappa shape index (κ3) is 1.24. The summed E-state index contributed by atoms with van der Waals surface area (Å²) >= 11 is 0. The summed E-state index contributed by atoms with van der Waals surface area (Å²) in [6.07, 6.45) is 5.07. The fourth-order valence-electron chi connectivity index (χ4n) is 0.850. The quantitative estimate of drug-likeness (QED) is 0.534. The highest BCUT2D eigenvalue weighted by Gasteiger charge is 2.10. The molecule has 0 spiro atoms. The van der Waals surface area contributed by atoms with Crippen molar-refractivity contribution in [2.75, 3.05) is 0 Å². The molecule has 0 saturated carbocycles. The number of rotatable bonds is 1. The van der Waals surface area contributed by atoms with Crippen LogP contribution in [0.5, 0.6) is 0 Å². The predicted molar refractivity (Wildman–Crippen MR) is 39.4 cm³/mol. The van der Waals surface area contributed by atoms with E-state index in [2.05, 4.69) is 5.73 Å². The van der Waals surface area contributed by atoms with Crippen LogP contribution in [0, 0.1) is 0 Å². The highest BCUT2D eigenvalue weighted by Crippen LogP contribution is 2.05. The average molecular weight is 135 g/mol. The smallest absolute Gasteiger partial charge is 0.157 e. The Labute approximate surface area is 59.7 Å². The van der Waals surface area contributed by atoms with E-state index in [0.717, 1.165) is 0 Å². The van der Waals surface area contributed by atoms with Crippen LogP contribution in [0.4, 0.5) is 0 Å². The van der Waals surface area contributed by atoms with Gasteiger partial charge in [0.05, 0.1) is 6.04 Å². The Morgan fingerprint density at radius 2 is 2.50 bits per heavy atom. The zero-order valence-corrected chi connectivity index (χ0v) is 5.79. The van der Waals surface area contributed by atoms with Crippen LogP contribution < -0.4 is 5.73 Å². The van der Waals surface area contributed by atoms with E-state index in [-0.39, 0.29) is 11.8 Å². The molecule has 1 aliphatic carbocycles. The monoisotopic (exact) mass is 135 g/mol. The molecule has 0 aliphatic heterocycles. The molecule has 52 valence electrons. The molecule has 1 atom stereocenters. The van der Waals surface area contributed by atoms with Crippen molar-refractivity contribution < 1.29 is 4.79 Å². The molecule has 1 aliphatic rings. The number of hydrogen-bond acceptors (Lipinski definition) is 2. The van der Waals surface area contributed by atoms with Crippen LogP contribution in [0.25, 0.3) is 0 Å². The molecule has 0 saturated heterocycles. The lowest BCUT2D eigenvalue weighted by molar-refractivity contribution is -0.113. The number of carbonyl (C=O) groups excluding carboxylic acids is 1. The van der Waals surface area contributed by atoms with Crippen molar-refractivity contribution in [1.82, 2.24) is 0 Å². The molecule has 1 rings (SSSR count). The molecule has 0 aromatic carbocycles. The van der Waals surface area contributed by atoms with Gasteiger partial charge in [-0.15, -0.1) is 5.73 Å². The lowest BCUT2D eigenvalue weighted by atomic mass is 10.0. The molecule has 2 N–H and O–H groups in total. The first kappa shape index (κ1) is 7.00. The van der Waals surface area contributed by atoms with Crippen molar-refractivity contribution in [2.24, 2.45) is 5.73 Å². The van der Waals surface area contributed by atoms with E-state index in [1.54, 1.807) is 18.2 Å². The summed E-state index contributed by atoms with van der Waals surface area (Å²) in [5.74, 6) is 0.0292. The zero-order valence-electron chi connectivity index (χ0n) is 5.79. The maximum absolute atomic E-state index is 10.8. The summed E-state index contributed by atoms with van der Waals surface area (Å²) in [4.78, 5) is 10.8. The molecular formula is C8H9NO. The van der Waals surface area contributed by atoms with Crippen molar-refractivity contribution in [3.8, 4) is 0 Å². The molecule has 0 heterocycles. The topological polar surface area (TPSA) is 43.1 Å². The fourth-order valence-corrected chi connectivity index (χ4v) is 0.850. The van der Waals surface area contributed by atoms with Crippen LogP contribution in [0.15, 0.2) is 29.5 Å². The number of Topliss-reactive ketones (excluding diaryl/α,β-unsaturated/α-hetero) is 1. The summed E-state index contributed by atoms with van der Waals surface area (Å²) in [5.41, 5.74) is 9.02. The second-order valence-corrected chi connectivity index (χ2v) is 2.20. The van der Waals surface area contributed by atoms with Crippen molar-refractivity contribution in [3.63, 3.8) is 0 Å². The van der Waals surface area contributed by atoms with Gasteiger partial charge < -0.3 is 5.73 Å². The average Bonchev–Trinajstić information content (AvgIpc) is 1.88. The van der Waals surface area contributed by atoms with E-state index in [1.807, 2.05) is 0 Å². The molecule has 0 radical (unpaired) electrons. The Balaban J connectivity index is 2.91. The summed E-state index contributed by atoms with van der Waals surface area (Å²) in [6.45, 7) is 1.51. The van der Waals surface area contributed by atoms with Crippen molar-refractivity contribution >= 4 is 5.78 Å². The Hall–Kier alpha value is -1.11. The van der Waals surface area contributed by atoms with Gasteiger partial charge >= 0.3 is 0 Å². The summed E-state index contributed by atoms with van der Waals surface area (Å²) in [5, 5.41) is 0. The van der Waals surface area contributed by atoms with Gasteiger partial charge in [-0.05, 0) is 25.2 Å². The predicted octanol–water partition coefficient (Wildman–Crippen LogP) is 0.554. The van der Waals surface area contributed by atoms with E-state index in [1.165, 1.54) is 6.92 Å². The highest BCUT2D eigenvalue weighted by atomic mass is 16.1. The third-order valence-corrected chi connectivity index (χ3v) is 1.40. The SMILES string of the molecule is CC(=O)C1=CC=C=CC1N. The van der Waals surface area contributed by atoms with Crippen molar-refractivity contribution in [2.45, 2.75) is 13.0 Å². The van der Waals surface area contributed by atoms with Gasteiger partial charge in [0.15, 0.2) is 5.78 Å². The number of nitrogens with two attached hydrogens (primary N) is 1. The Kier molecular flexibility index (Phi) is 1.86. The lowest BCUT2D eigenvalue weighted by Crippen LogP contribution is -2.24. The fraction of sp³-hybridized carbons (Fsp3) is 0.250. The number of allylic oxidation sites excluding steroid dienone is 1. The molecule has 10 heavy (non-hydrogen) atoms. The minimum atomic E-state index is -0.262. The van der Waals surface area contributed by atoms with Crippen molar-refractivity contribution in [3.05, 3.63) is 29.5 Å². The third-order valence-electron chi connectivity index (χ3n) is 1.40. The summed E-state index contributed by atoms with van der Waals surface area (Å²) in [7, 11) is 0.